The summed E-state index contributed by atoms with van der Waals surface area (Å²) in [6.07, 6.45) is 6.31. The maximum atomic E-state index is 11.2. The topological polar surface area (TPSA) is 67.2 Å². The summed E-state index contributed by atoms with van der Waals surface area (Å²) in [5, 5.41) is 16.6. The van der Waals surface area contributed by atoms with Crippen molar-refractivity contribution in [3.05, 3.63) is 53.9 Å². The van der Waals surface area contributed by atoms with Crippen molar-refractivity contribution in [2.45, 2.75) is 45.3 Å². The smallest absolute Gasteiger partial charge is 0.320 e. The average Bonchev–Trinajstić information content (AvgIpc) is 2.95. The molecule has 0 bridgehead atoms. The van der Waals surface area contributed by atoms with E-state index in [9.17, 15) is 9.90 Å². The molecule has 1 aromatic carbocycles. The molecular formula is C17H23N3O2. The number of hydrogen-bond acceptors (Lipinski definition) is 3. The molecule has 0 aliphatic rings. The van der Waals surface area contributed by atoms with Crippen LogP contribution in [0.3, 0.4) is 0 Å². The van der Waals surface area contributed by atoms with Gasteiger partial charge in [-0.25, -0.2) is 0 Å². The fraction of sp³-hybridized carbons (Fsp3) is 0.412. The lowest BCUT2D eigenvalue weighted by molar-refractivity contribution is -0.139. The van der Waals surface area contributed by atoms with Crippen molar-refractivity contribution in [2.75, 3.05) is 0 Å². The molecule has 1 atom stereocenters. The molecule has 0 radical (unpaired) electrons. The third-order valence-electron chi connectivity index (χ3n) is 3.57. The van der Waals surface area contributed by atoms with Crippen molar-refractivity contribution in [1.82, 2.24) is 15.1 Å². The minimum absolute atomic E-state index is 0.488. The first-order chi connectivity index (χ1) is 10.7. The molecule has 22 heavy (non-hydrogen) atoms. The van der Waals surface area contributed by atoms with Gasteiger partial charge in [-0.3, -0.25) is 9.48 Å². The molecular weight excluding hydrogens is 278 g/mol. The minimum atomic E-state index is -0.787. The van der Waals surface area contributed by atoms with E-state index in [0.717, 1.165) is 24.9 Å². The second kappa shape index (κ2) is 8.34. The molecule has 0 aliphatic heterocycles. The van der Waals surface area contributed by atoms with Crippen LogP contribution in [0.5, 0.6) is 0 Å². The van der Waals surface area contributed by atoms with Gasteiger partial charge in [-0.05, 0) is 12.0 Å². The van der Waals surface area contributed by atoms with Crippen LogP contribution >= 0.6 is 0 Å². The first-order valence-electron chi connectivity index (χ1n) is 7.70. The molecule has 118 valence electrons. The van der Waals surface area contributed by atoms with Crippen LogP contribution in [0, 0.1) is 0 Å². The molecule has 2 aromatic rings. The summed E-state index contributed by atoms with van der Waals surface area (Å²) in [4.78, 5) is 11.2. The minimum Gasteiger partial charge on any atom is -0.480 e. The number of unbranched alkanes of at least 4 members (excludes halogenated alkanes) is 1. The summed E-state index contributed by atoms with van der Waals surface area (Å²) in [5.41, 5.74) is 2.19. The van der Waals surface area contributed by atoms with Gasteiger partial charge in [-0.2, -0.15) is 5.10 Å². The number of carbonyl (C=O) groups is 1. The third-order valence-corrected chi connectivity index (χ3v) is 3.57. The van der Waals surface area contributed by atoms with E-state index in [-0.39, 0.29) is 0 Å². The monoisotopic (exact) mass is 301 g/mol. The van der Waals surface area contributed by atoms with Crippen LogP contribution in [0.15, 0.2) is 42.7 Å². The Hall–Kier alpha value is -2.14. The number of rotatable bonds is 9. The Kier molecular flexibility index (Phi) is 6.15. The maximum Gasteiger partial charge on any atom is 0.320 e. The predicted octanol–water partition coefficient (Wildman–Crippen LogP) is 2.66. The molecule has 0 fully saturated rings. The number of nitrogens with one attached hydrogen (secondary N) is 1. The predicted molar refractivity (Wildman–Crippen MR) is 85.6 cm³/mol. The van der Waals surface area contributed by atoms with Crippen LogP contribution in [0.2, 0.25) is 0 Å². The van der Waals surface area contributed by atoms with Crippen LogP contribution in [-0.4, -0.2) is 26.9 Å². The van der Waals surface area contributed by atoms with E-state index >= 15 is 0 Å². The molecule has 0 spiro atoms. The summed E-state index contributed by atoms with van der Waals surface area (Å²) in [6, 6.07) is 9.64. The zero-order valence-corrected chi connectivity index (χ0v) is 12.9. The largest absolute Gasteiger partial charge is 0.480 e. The lowest BCUT2D eigenvalue weighted by Gasteiger charge is -2.13. The molecule has 0 saturated heterocycles. The SMILES string of the molecule is CCCC[C@H](NCc1cnn(Cc2ccccc2)c1)C(=O)O. The number of carboxylic acid groups (broad SMARTS) is 1. The van der Waals surface area contributed by atoms with E-state index in [4.69, 9.17) is 0 Å². The maximum absolute atomic E-state index is 11.2. The summed E-state index contributed by atoms with van der Waals surface area (Å²) in [5.74, 6) is -0.787. The molecule has 2 N–H and O–H groups in total. The number of carboxylic acids is 1. The Morgan fingerprint density at radius 3 is 2.77 bits per heavy atom. The Morgan fingerprint density at radius 2 is 2.09 bits per heavy atom. The molecule has 0 saturated carbocycles. The Labute approximate surface area is 131 Å². The van der Waals surface area contributed by atoms with Gasteiger partial charge < -0.3 is 10.4 Å². The average molecular weight is 301 g/mol. The van der Waals surface area contributed by atoms with Gasteiger partial charge >= 0.3 is 5.97 Å². The highest BCUT2D eigenvalue weighted by molar-refractivity contribution is 5.73. The van der Waals surface area contributed by atoms with Crippen molar-refractivity contribution in [1.29, 1.82) is 0 Å². The second-order valence-electron chi connectivity index (χ2n) is 5.45. The molecule has 2 rings (SSSR count). The van der Waals surface area contributed by atoms with E-state index in [2.05, 4.69) is 29.5 Å². The molecule has 1 aromatic heterocycles. The van der Waals surface area contributed by atoms with Crippen LogP contribution < -0.4 is 5.32 Å². The highest BCUT2D eigenvalue weighted by atomic mass is 16.4. The normalized spacial score (nSPS) is 12.2. The van der Waals surface area contributed by atoms with Crippen molar-refractivity contribution < 1.29 is 9.90 Å². The Balaban J connectivity index is 1.87. The van der Waals surface area contributed by atoms with Crippen LogP contribution in [0.25, 0.3) is 0 Å². The molecule has 0 amide bonds. The van der Waals surface area contributed by atoms with Gasteiger partial charge in [0.05, 0.1) is 12.7 Å². The van der Waals surface area contributed by atoms with E-state index < -0.39 is 12.0 Å². The zero-order valence-electron chi connectivity index (χ0n) is 12.9. The highest BCUT2D eigenvalue weighted by Crippen LogP contribution is 2.06. The van der Waals surface area contributed by atoms with Crippen molar-refractivity contribution in [2.24, 2.45) is 0 Å². The first-order valence-corrected chi connectivity index (χ1v) is 7.70. The van der Waals surface area contributed by atoms with Gasteiger partial charge in [0.25, 0.3) is 0 Å². The number of aliphatic carboxylic acids is 1. The fourth-order valence-electron chi connectivity index (χ4n) is 2.32. The van der Waals surface area contributed by atoms with E-state index in [1.807, 2.05) is 29.1 Å². The number of aromatic nitrogens is 2. The van der Waals surface area contributed by atoms with E-state index in [1.165, 1.54) is 5.56 Å². The van der Waals surface area contributed by atoms with Crippen LogP contribution in [0.1, 0.15) is 37.3 Å². The van der Waals surface area contributed by atoms with Gasteiger partial charge in [0.1, 0.15) is 6.04 Å². The zero-order chi connectivity index (χ0) is 15.8. The highest BCUT2D eigenvalue weighted by Gasteiger charge is 2.15. The summed E-state index contributed by atoms with van der Waals surface area (Å²) >= 11 is 0. The van der Waals surface area contributed by atoms with Crippen LogP contribution in [-0.2, 0) is 17.9 Å². The van der Waals surface area contributed by atoms with Crippen molar-refractivity contribution >= 4 is 5.97 Å². The lowest BCUT2D eigenvalue weighted by atomic mass is 10.1. The lowest BCUT2D eigenvalue weighted by Crippen LogP contribution is -2.36. The number of benzene rings is 1. The van der Waals surface area contributed by atoms with Crippen LogP contribution in [0.4, 0.5) is 0 Å². The number of nitrogens with zero attached hydrogens (tertiary/aromatic N) is 2. The third kappa shape index (κ3) is 5.00. The summed E-state index contributed by atoms with van der Waals surface area (Å²) < 4.78 is 1.87. The fourth-order valence-corrected chi connectivity index (χ4v) is 2.32. The molecule has 5 heteroatoms. The van der Waals surface area contributed by atoms with Gasteiger partial charge in [0, 0.05) is 18.3 Å². The molecule has 1 heterocycles. The summed E-state index contributed by atoms with van der Waals surface area (Å²) in [6.45, 7) is 3.31. The quantitative estimate of drug-likeness (QED) is 0.747. The molecule has 0 aliphatic carbocycles. The summed E-state index contributed by atoms with van der Waals surface area (Å²) in [7, 11) is 0. The van der Waals surface area contributed by atoms with Gasteiger partial charge in [0.2, 0.25) is 0 Å². The molecule has 5 nitrogen and oxygen atoms in total. The standard InChI is InChI=1S/C17H23N3O2/c1-2-3-9-16(17(21)22)18-10-15-11-19-20(13-15)12-14-7-5-4-6-8-14/h4-8,11,13,16,18H,2-3,9-10,12H2,1H3,(H,21,22)/t16-/m0/s1. The van der Waals surface area contributed by atoms with Gasteiger partial charge in [0.15, 0.2) is 0 Å². The second-order valence-corrected chi connectivity index (χ2v) is 5.45. The number of hydrogen-bond donors (Lipinski definition) is 2. The first kappa shape index (κ1) is 16.2. The molecule has 0 unspecified atom stereocenters. The van der Waals surface area contributed by atoms with Crippen molar-refractivity contribution in [3.8, 4) is 0 Å². The van der Waals surface area contributed by atoms with E-state index in [1.54, 1.807) is 6.20 Å². The Morgan fingerprint density at radius 1 is 1.32 bits per heavy atom. The Bertz CT molecular complexity index is 581. The van der Waals surface area contributed by atoms with Gasteiger partial charge in [-0.1, -0.05) is 50.1 Å². The van der Waals surface area contributed by atoms with E-state index in [0.29, 0.717) is 13.0 Å². The van der Waals surface area contributed by atoms with Gasteiger partial charge in [-0.15, -0.1) is 0 Å². The van der Waals surface area contributed by atoms with Crippen molar-refractivity contribution in [3.63, 3.8) is 0 Å².